The van der Waals surface area contributed by atoms with Gasteiger partial charge in [0.15, 0.2) is 0 Å². The third-order valence-electron chi connectivity index (χ3n) is 4.88. The average molecular weight is 347 g/mol. The minimum absolute atomic E-state index is 0.104. The number of hydrogen-bond acceptors (Lipinski definition) is 2. The predicted molar refractivity (Wildman–Crippen MR) is 102 cm³/mol. The Morgan fingerprint density at radius 1 is 1.12 bits per heavy atom. The van der Waals surface area contributed by atoms with Gasteiger partial charge in [0.05, 0.1) is 0 Å². The molecule has 0 fully saturated rings. The third-order valence-corrected chi connectivity index (χ3v) is 4.88. The van der Waals surface area contributed by atoms with Crippen LogP contribution in [0.25, 0.3) is 10.9 Å². The number of rotatable bonds is 3. The fourth-order valence-electron chi connectivity index (χ4n) is 3.72. The van der Waals surface area contributed by atoms with Gasteiger partial charge in [0.25, 0.3) is 5.91 Å². The lowest BCUT2D eigenvalue weighted by Crippen LogP contribution is -2.38. The number of benzene rings is 2. The Morgan fingerprint density at radius 3 is 2.81 bits per heavy atom. The summed E-state index contributed by atoms with van der Waals surface area (Å²) in [5.74, 6) is -0.261. The van der Waals surface area contributed by atoms with Gasteiger partial charge in [-0.25, -0.2) is 0 Å². The molecule has 0 saturated carbocycles. The molecule has 5 nitrogen and oxygen atoms in total. The van der Waals surface area contributed by atoms with E-state index in [1.807, 2.05) is 6.07 Å². The van der Waals surface area contributed by atoms with E-state index in [-0.39, 0.29) is 17.9 Å². The van der Waals surface area contributed by atoms with Crippen LogP contribution in [-0.4, -0.2) is 22.8 Å². The number of aromatic nitrogens is 1. The van der Waals surface area contributed by atoms with Gasteiger partial charge in [-0.3, -0.25) is 9.59 Å². The van der Waals surface area contributed by atoms with Gasteiger partial charge in [-0.1, -0.05) is 24.3 Å². The predicted octanol–water partition coefficient (Wildman–Crippen LogP) is 3.41. The van der Waals surface area contributed by atoms with Crippen LogP contribution in [0.3, 0.4) is 0 Å². The smallest absolute Gasteiger partial charge is 0.251 e. The number of anilines is 1. The zero-order chi connectivity index (χ0) is 18.1. The van der Waals surface area contributed by atoms with E-state index < -0.39 is 0 Å². The first-order valence-electron chi connectivity index (χ1n) is 8.87. The van der Waals surface area contributed by atoms with E-state index in [2.05, 4.69) is 33.8 Å². The molecule has 1 aliphatic carbocycles. The van der Waals surface area contributed by atoms with Crippen molar-refractivity contribution in [3.05, 3.63) is 65.4 Å². The molecule has 1 aliphatic rings. The number of fused-ring (bicyclic) bond motifs is 3. The van der Waals surface area contributed by atoms with Crippen molar-refractivity contribution in [1.82, 2.24) is 10.3 Å². The van der Waals surface area contributed by atoms with Crippen molar-refractivity contribution in [3.8, 4) is 0 Å². The van der Waals surface area contributed by atoms with Crippen LogP contribution < -0.4 is 10.6 Å². The van der Waals surface area contributed by atoms with E-state index in [9.17, 15) is 9.59 Å². The van der Waals surface area contributed by atoms with Gasteiger partial charge in [-0.05, 0) is 42.7 Å². The monoisotopic (exact) mass is 347 g/mol. The second-order valence-electron chi connectivity index (χ2n) is 6.80. The number of aromatic amines is 1. The first-order valence-corrected chi connectivity index (χ1v) is 8.87. The van der Waals surface area contributed by atoms with E-state index in [1.165, 1.54) is 23.6 Å². The van der Waals surface area contributed by atoms with Crippen molar-refractivity contribution in [1.29, 1.82) is 0 Å². The highest BCUT2D eigenvalue weighted by Gasteiger charge is 2.23. The Balaban J connectivity index is 1.48. The number of nitrogens with one attached hydrogen (secondary N) is 3. The lowest BCUT2D eigenvalue weighted by molar-refractivity contribution is -0.114. The minimum Gasteiger partial charge on any atom is -0.358 e. The van der Waals surface area contributed by atoms with Gasteiger partial charge in [0.2, 0.25) is 5.91 Å². The van der Waals surface area contributed by atoms with Crippen LogP contribution in [0.5, 0.6) is 0 Å². The van der Waals surface area contributed by atoms with Crippen LogP contribution in [0.1, 0.15) is 35.0 Å². The van der Waals surface area contributed by atoms with E-state index in [1.54, 1.807) is 24.3 Å². The molecule has 4 rings (SSSR count). The molecule has 0 radical (unpaired) electrons. The molecule has 26 heavy (non-hydrogen) atoms. The maximum atomic E-state index is 12.6. The summed E-state index contributed by atoms with van der Waals surface area (Å²) in [5.41, 5.74) is 4.94. The molecular weight excluding hydrogens is 326 g/mol. The highest BCUT2D eigenvalue weighted by Crippen LogP contribution is 2.29. The van der Waals surface area contributed by atoms with E-state index in [4.69, 9.17) is 0 Å². The van der Waals surface area contributed by atoms with Gasteiger partial charge in [0, 0.05) is 47.2 Å². The Kier molecular flexibility index (Phi) is 4.21. The fourth-order valence-corrected chi connectivity index (χ4v) is 3.72. The fraction of sp³-hybridized carbons (Fsp3) is 0.238. The number of carbonyl (C=O) groups is 2. The number of H-pyrrole nitrogens is 1. The molecular formula is C21H21N3O2. The summed E-state index contributed by atoms with van der Waals surface area (Å²) in [4.78, 5) is 27.3. The SMILES string of the molecule is CC(=O)Nc1cccc(C(=O)NC2CCc3c([nH]c4ccccc34)C2)c1. The van der Waals surface area contributed by atoms with E-state index in [0.29, 0.717) is 11.3 Å². The quantitative estimate of drug-likeness (QED) is 0.679. The van der Waals surface area contributed by atoms with Crippen molar-refractivity contribution in [2.45, 2.75) is 32.2 Å². The minimum atomic E-state index is -0.152. The van der Waals surface area contributed by atoms with Crippen molar-refractivity contribution < 1.29 is 9.59 Å². The Hall–Kier alpha value is -3.08. The summed E-state index contributed by atoms with van der Waals surface area (Å²) in [6, 6.07) is 15.5. The van der Waals surface area contributed by atoms with Crippen molar-refractivity contribution in [3.63, 3.8) is 0 Å². The summed E-state index contributed by atoms with van der Waals surface area (Å²) in [5, 5.41) is 7.12. The molecule has 5 heteroatoms. The Labute approximate surface area is 151 Å². The van der Waals surface area contributed by atoms with Crippen LogP contribution in [-0.2, 0) is 17.6 Å². The molecule has 0 spiro atoms. The molecule has 0 saturated heterocycles. The standard InChI is InChI=1S/C21H21N3O2/c1-13(25)22-15-6-4-5-14(11-15)21(26)23-16-9-10-18-17-7-2-3-8-19(17)24-20(18)12-16/h2-8,11,16,24H,9-10,12H2,1H3,(H,22,25)(H,23,26). The zero-order valence-corrected chi connectivity index (χ0v) is 14.6. The highest BCUT2D eigenvalue weighted by molar-refractivity contribution is 5.97. The van der Waals surface area contributed by atoms with Crippen molar-refractivity contribution >= 4 is 28.4 Å². The topological polar surface area (TPSA) is 74.0 Å². The van der Waals surface area contributed by atoms with Crippen LogP contribution >= 0.6 is 0 Å². The molecule has 1 unspecified atom stereocenters. The van der Waals surface area contributed by atoms with Gasteiger partial charge < -0.3 is 15.6 Å². The Morgan fingerprint density at radius 2 is 1.96 bits per heavy atom. The van der Waals surface area contributed by atoms with E-state index in [0.717, 1.165) is 24.8 Å². The summed E-state index contributed by atoms with van der Waals surface area (Å²) < 4.78 is 0. The second-order valence-corrected chi connectivity index (χ2v) is 6.80. The normalized spacial score (nSPS) is 16.1. The lowest BCUT2D eigenvalue weighted by Gasteiger charge is -2.23. The lowest BCUT2D eigenvalue weighted by atomic mass is 9.91. The second kappa shape index (κ2) is 6.67. The summed E-state index contributed by atoms with van der Waals surface area (Å²) in [6.45, 7) is 1.45. The maximum absolute atomic E-state index is 12.6. The molecule has 132 valence electrons. The largest absolute Gasteiger partial charge is 0.358 e. The Bertz CT molecular complexity index is 990. The molecule has 0 aliphatic heterocycles. The molecule has 1 heterocycles. The molecule has 3 aromatic rings. The number of carbonyl (C=O) groups excluding carboxylic acids is 2. The molecule has 2 aromatic carbocycles. The molecule has 1 aromatic heterocycles. The zero-order valence-electron chi connectivity index (χ0n) is 14.6. The number of amides is 2. The summed E-state index contributed by atoms with van der Waals surface area (Å²) in [7, 11) is 0. The number of hydrogen-bond donors (Lipinski definition) is 3. The third kappa shape index (κ3) is 3.20. The van der Waals surface area contributed by atoms with E-state index >= 15 is 0 Å². The number of aryl methyl sites for hydroxylation is 1. The first-order chi connectivity index (χ1) is 12.6. The summed E-state index contributed by atoms with van der Waals surface area (Å²) in [6.07, 6.45) is 2.68. The highest BCUT2D eigenvalue weighted by atomic mass is 16.2. The molecule has 2 amide bonds. The van der Waals surface area contributed by atoms with Crippen molar-refractivity contribution in [2.75, 3.05) is 5.32 Å². The van der Waals surface area contributed by atoms with Crippen LogP contribution in [0.2, 0.25) is 0 Å². The first kappa shape index (κ1) is 16.4. The molecule has 0 bridgehead atoms. The van der Waals surface area contributed by atoms with Crippen LogP contribution in [0.15, 0.2) is 48.5 Å². The maximum Gasteiger partial charge on any atom is 0.251 e. The van der Waals surface area contributed by atoms with Crippen LogP contribution in [0.4, 0.5) is 5.69 Å². The average Bonchev–Trinajstić information content (AvgIpc) is 2.99. The molecule has 1 atom stereocenters. The summed E-state index contributed by atoms with van der Waals surface area (Å²) >= 11 is 0. The van der Waals surface area contributed by atoms with Crippen molar-refractivity contribution in [2.24, 2.45) is 0 Å². The number of para-hydroxylation sites is 1. The van der Waals surface area contributed by atoms with Gasteiger partial charge in [0.1, 0.15) is 0 Å². The molecule has 3 N–H and O–H groups in total. The van der Waals surface area contributed by atoms with Gasteiger partial charge in [-0.2, -0.15) is 0 Å². The van der Waals surface area contributed by atoms with Crippen LogP contribution in [0, 0.1) is 0 Å². The van der Waals surface area contributed by atoms with Gasteiger partial charge >= 0.3 is 0 Å². The van der Waals surface area contributed by atoms with Gasteiger partial charge in [-0.15, -0.1) is 0 Å².